The van der Waals surface area contributed by atoms with Crippen molar-refractivity contribution in [3.8, 4) is 0 Å². The van der Waals surface area contributed by atoms with E-state index < -0.39 is 10.8 Å². The number of nitrogens with one attached hydrogen (secondary N) is 1. The van der Waals surface area contributed by atoms with Gasteiger partial charge < -0.3 is 5.32 Å². The molecule has 1 aromatic carbocycles. The summed E-state index contributed by atoms with van der Waals surface area (Å²) in [7, 11) is -0.859. The molecule has 2 atom stereocenters. The minimum absolute atomic E-state index is 0.509. The average molecular weight is 209 g/mol. The Morgan fingerprint density at radius 1 is 1.36 bits per heavy atom. The van der Waals surface area contributed by atoms with Crippen molar-refractivity contribution in [2.75, 3.05) is 12.8 Å². The third-order valence-electron chi connectivity index (χ3n) is 2.67. The molecule has 1 aliphatic heterocycles. The Morgan fingerprint density at radius 3 is 2.57 bits per heavy atom. The van der Waals surface area contributed by atoms with Crippen LogP contribution in [0.3, 0.4) is 0 Å². The molecule has 2 nitrogen and oxygen atoms in total. The summed E-state index contributed by atoms with van der Waals surface area (Å²) >= 11 is 0. The van der Waals surface area contributed by atoms with Gasteiger partial charge in [-0.05, 0) is 37.1 Å². The first-order valence-corrected chi connectivity index (χ1v) is 6.50. The fourth-order valence-corrected chi connectivity index (χ4v) is 2.38. The molecule has 1 heterocycles. The number of hydrogen-bond acceptors (Lipinski definition) is 2. The Morgan fingerprint density at radius 2 is 2.07 bits per heavy atom. The number of benzene rings is 1. The van der Waals surface area contributed by atoms with Crippen LogP contribution in [0.1, 0.15) is 24.4 Å². The lowest BCUT2D eigenvalue weighted by atomic mass is 10.1. The van der Waals surface area contributed by atoms with Crippen LogP contribution in [-0.4, -0.2) is 17.0 Å². The molecule has 1 fully saturated rings. The second-order valence-corrected chi connectivity index (χ2v) is 5.05. The van der Waals surface area contributed by atoms with Crippen LogP contribution in [0.2, 0.25) is 0 Å². The van der Waals surface area contributed by atoms with Gasteiger partial charge in [-0.2, -0.15) is 0 Å². The van der Waals surface area contributed by atoms with Gasteiger partial charge in [-0.3, -0.25) is 4.21 Å². The van der Waals surface area contributed by atoms with Crippen molar-refractivity contribution in [1.29, 1.82) is 0 Å². The second-order valence-electron chi connectivity index (χ2n) is 3.67. The third-order valence-corrected chi connectivity index (χ3v) is 3.61. The number of rotatable bonds is 2. The van der Waals surface area contributed by atoms with E-state index in [1.54, 1.807) is 6.26 Å². The highest BCUT2D eigenvalue weighted by atomic mass is 32.2. The topological polar surface area (TPSA) is 29.1 Å². The van der Waals surface area contributed by atoms with Gasteiger partial charge in [0.25, 0.3) is 0 Å². The quantitative estimate of drug-likeness (QED) is 0.805. The summed E-state index contributed by atoms with van der Waals surface area (Å²) in [4.78, 5) is 0.909. The lowest BCUT2D eigenvalue weighted by Gasteiger charge is -2.10. The molecule has 1 aliphatic rings. The van der Waals surface area contributed by atoms with Crippen LogP contribution in [-0.2, 0) is 10.8 Å². The minimum Gasteiger partial charge on any atom is -0.310 e. The van der Waals surface area contributed by atoms with Crippen LogP contribution < -0.4 is 5.32 Å². The summed E-state index contributed by atoms with van der Waals surface area (Å²) in [6.07, 6.45) is 4.18. The van der Waals surface area contributed by atoms with Gasteiger partial charge >= 0.3 is 0 Å². The highest BCUT2D eigenvalue weighted by Gasteiger charge is 2.15. The zero-order valence-electron chi connectivity index (χ0n) is 8.32. The van der Waals surface area contributed by atoms with Gasteiger partial charge in [-0.25, -0.2) is 0 Å². The maximum Gasteiger partial charge on any atom is 0.0498 e. The molecule has 3 heteroatoms. The molecule has 2 rings (SSSR count). The molecule has 0 aromatic heterocycles. The molecule has 1 N–H and O–H groups in total. The van der Waals surface area contributed by atoms with Crippen molar-refractivity contribution >= 4 is 10.8 Å². The molecule has 0 amide bonds. The van der Waals surface area contributed by atoms with Gasteiger partial charge in [0.05, 0.1) is 0 Å². The van der Waals surface area contributed by atoms with Crippen molar-refractivity contribution < 1.29 is 4.21 Å². The van der Waals surface area contributed by atoms with Crippen LogP contribution in [0.4, 0.5) is 0 Å². The van der Waals surface area contributed by atoms with E-state index >= 15 is 0 Å². The number of hydrogen-bond donors (Lipinski definition) is 1. The molecule has 76 valence electrons. The van der Waals surface area contributed by atoms with E-state index in [0.29, 0.717) is 6.04 Å². The highest BCUT2D eigenvalue weighted by Crippen LogP contribution is 2.23. The third kappa shape index (κ3) is 2.04. The monoisotopic (exact) mass is 209 g/mol. The van der Waals surface area contributed by atoms with Gasteiger partial charge in [0.1, 0.15) is 0 Å². The molecule has 14 heavy (non-hydrogen) atoms. The van der Waals surface area contributed by atoms with E-state index in [2.05, 4.69) is 17.4 Å². The van der Waals surface area contributed by atoms with Crippen LogP contribution in [0.15, 0.2) is 29.2 Å². The first-order chi connectivity index (χ1) is 6.77. The maximum absolute atomic E-state index is 11.2. The SMILES string of the molecule is C[S@](=O)c1ccc(C2CCCN2)cc1. The molecule has 0 aliphatic carbocycles. The van der Waals surface area contributed by atoms with Gasteiger partial charge in [-0.1, -0.05) is 12.1 Å². The van der Waals surface area contributed by atoms with E-state index in [4.69, 9.17) is 0 Å². The van der Waals surface area contributed by atoms with E-state index in [1.165, 1.54) is 18.4 Å². The summed E-state index contributed by atoms with van der Waals surface area (Å²) in [5.41, 5.74) is 1.32. The molecular formula is C11H15NOS. The largest absolute Gasteiger partial charge is 0.310 e. The van der Waals surface area contributed by atoms with E-state index in [1.807, 2.05) is 12.1 Å². The molecule has 1 aromatic rings. The highest BCUT2D eigenvalue weighted by molar-refractivity contribution is 7.84. The normalized spacial score (nSPS) is 23.6. The van der Waals surface area contributed by atoms with Crippen molar-refractivity contribution in [3.63, 3.8) is 0 Å². The first-order valence-electron chi connectivity index (χ1n) is 4.94. The van der Waals surface area contributed by atoms with Gasteiger partial charge in [0, 0.05) is 28.0 Å². The summed E-state index contributed by atoms with van der Waals surface area (Å²) < 4.78 is 11.2. The summed E-state index contributed by atoms with van der Waals surface area (Å²) in [6.45, 7) is 1.12. The van der Waals surface area contributed by atoms with Crippen LogP contribution in [0.25, 0.3) is 0 Å². The van der Waals surface area contributed by atoms with Crippen molar-refractivity contribution in [2.24, 2.45) is 0 Å². The molecule has 0 spiro atoms. The van der Waals surface area contributed by atoms with Crippen LogP contribution in [0.5, 0.6) is 0 Å². The minimum atomic E-state index is -0.859. The van der Waals surface area contributed by atoms with E-state index in [0.717, 1.165) is 11.4 Å². The molecule has 1 unspecified atom stereocenters. The van der Waals surface area contributed by atoms with Crippen LogP contribution >= 0.6 is 0 Å². The summed E-state index contributed by atoms with van der Waals surface area (Å²) in [5.74, 6) is 0. The summed E-state index contributed by atoms with van der Waals surface area (Å²) in [6, 6.07) is 8.60. The Bertz CT molecular complexity index is 328. The van der Waals surface area contributed by atoms with Crippen molar-refractivity contribution in [1.82, 2.24) is 5.32 Å². The zero-order valence-corrected chi connectivity index (χ0v) is 9.14. The van der Waals surface area contributed by atoms with Crippen molar-refractivity contribution in [3.05, 3.63) is 29.8 Å². The Balaban J connectivity index is 2.16. The molecule has 0 bridgehead atoms. The Kier molecular flexibility index (Phi) is 2.99. The van der Waals surface area contributed by atoms with Crippen LogP contribution in [0, 0.1) is 0 Å². The summed E-state index contributed by atoms with van der Waals surface area (Å²) in [5, 5.41) is 3.45. The lowest BCUT2D eigenvalue weighted by molar-refractivity contribution is 0.647. The standard InChI is InChI=1S/C11H15NOS/c1-14(13)10-6-4-9(5-7-10)11-3-2-8-12-11/h4-7,11-12H,2-3,8H2,1H3/t11?,14-/m0/s1. The maximum atomic E-state index is 11.2. The molecular weight excluding hydrogens is 194 g/mol. The Labute approximate surface area is 87.2 Å². The second kappa shape index (κ2) is 4.24. The smallest absolute Gasteiger partial charge is 0.0498 e. The molecule has 0 saturated carbocycles. The predicted octanol–water partition coefficient (Wildman–Crippen LogP) is 1.85. The van der Waals surface area contributed by atoms with Gasteiger partial charge in [-0.15, -0.1) is 0 Å². The van der Waals surface area contributed by atoms with E-state index in [9.17, 15) is 4.21 Å². The predicted molar refractivity (Wildman–Crippen MR) is 58.8 cm³/mol. The fraction of sp³-hybridized carbons (Fsp3) is 0.455. The van der Waals surface area contributed by atoms with E-state index in [-0.39, 0.29) is 0 Å². The average Bonchev–Trinajstić information content (AvgIpc) is 2.71. The fourth-order valence-electron chi connectivity index (χ4n) is 1.86. The van der Waals surface area contributed by atoms with Crippen molar-refractivity contribution in [2.45, 2.75) is 23.8 Å². The zero-order chi connectivity index (χ0) is 9.97. The van der Waals surface area contributed by atoms with Gasteiger partial charge in [0.15, 0.2) is 0 Å². The molecule has 0 radical (unpaired) electrons. The first kappa shape index (κ1) is 9.87. The van der Waals surface area contributed by atoms with Gasteiger partial charge in [0.2, 0.25) is 0 Å². The molecule has 1 saturated heterocycles. The Hall–Kier alpha value is -0.670. The lowest BCUT2D eigenvalue weighted by Crippen LogP contribution is -2.12.